The summed E-state index contributed by atoms with van der Waals surface area (Å²) in [5.74, 6) is -0.745. The van der Waals surface area contributed by atoms with E-state index in [1.807, 2.05) is 0 Å². The van der Waals surface area contributed by atoms with Crippen molar-refractivity contribution in [1.82, 2.24) is 4.90 Å². The molecule has 0 bridgehead atoms. The van der Waals surface area contributed by atoms with Gasteiger partial charge in [0.05, 0.1) is 12.6 Å². The number of carboxylic acids is 1. The van der Waals surface area contributed by atoms with Crippen molar-refractivity contribution >= 4 is 5.97 Å². The summed E-state index contributed by atoms with van der Waals surface area (Å²) in [6.45, 7) is 4.49. The first-order chi connectivity index (χ1) is 6.20. The predicted octanol–water partition coefficient (Wildman–Crippen LogP) is 1.09. The van der Waals surface area contributed by atoms with Gasteiger partial charge in [-0.2, -0.15) is 5.26 Å². The molecule has 0 saturated carbocycles. The van der Waals surface area contributed by atoms with Crippen LogP contribution >= 0.6 is 0 Å². The van der Waals surface area contributed by atoms with Gasteiger partial charge in [0.1, 0.15) is 0 Å². The zero-order valence-electron chi connectivity index (χ0n) is 7.99. The highest BCUT2D eigenvalue weighted by Crippen LogP contribution is 2.04. The quantitative estimate of drug-likeness (QED) is 0.652. The number of nitriles is 1. The van der Waals surface area contributed by atoms with E-state index in [0.29, 0.717) is 6.54 Å². The molecule has 1 rings (SSSR count). The highest BCUT2D eigenvalue weighted by atomic mass is 16.4. The van der Waals surface area contributed by atoms with Crippen molar-refractivity contribution in [2.75, 3.05) is 19.6 Å². The summed E-state index contributed by atoms with van der Waals surface area (Å²) < 4.78 is 0. The molecule has 1 aliphatic rings. The fourth-order valence-electron chi connectivity index (χ4n) is 1.04. The molecule has 0 aromatic heterocycles. The van der Waals surface area contributed by atoms with Crippen molar-refractivity contribution < 1.29 is 9.90 Å². The first-order valence-corrected chi connectivity index (χ1v) is 4.51. The summed E-state index contributed by atoms with van der Waals surface area (Å²) >= 11 is 0. The lowest BCUT2D eigenvalue weighted by molar-refractivity contribution is -0.136. The SMILES string of the molecule is CCC(=O)O.N#CCN1CCCC1. The van der Waals surface area contributed by atoms with Gasteiger partial charge in [-0.15, -0.1) is 0 Å². The number of carboxylic acid groups (broad SMARTS) is 1. The van der Waals surface area contributed by atoms with E-state index in [1.165, 1.54) is 12.8 Å². The monoisotopic (exact) mass is 184 g/mol. The minimum atomic E-state index is -0.745. The molecule has 0 aliphatic carbocycles. The Balaban J connectivity index is 0.000000252. The molecule has 1 heterocycles. The van der Waals surface area contributed by atoms with Crippen molar-refractivity contribution in [3.63, 3.8) is 0 Å². The van der Waals surface area contributed by atoms with Crippen molar-refractivity contribution in [1.29, 1.82) is 5.26 Å². The van der Waals surface area contributed by atoms with E-state index in [9.17, 15) is 4.79 Å². The molecule has 13 heavy (non-hydrogen) atoms. The molecule has 1 aliphatic heterocycles. The average molecular weight is 184 g/mol. The van der Waals surface area contributed by atoms with Crippen LogP contribution in [0.15, 0.2) is 0 Å². The second-order valence-corrected chi connectivity index (χ2v) is 2.89. The molecule has 0 spiro atoms. The zero-order chi connectivity index (χ0) is 10.1. The van der Waals surface area contributed by atoms with Gasteiger partial charge < -0.3 is 5.11 Å². The number of nitrogens with zero attached hydrogens (tertiary/aromatic N) is 2. The lowest BCUT2D eigenvalue weighted by Crippen LogP contribution is -2.18. The van der Waals surface area contributed by atoms with Crippen molar-refractivity contribution in [3.8, 4) is 6.07 Å². The number of hydrogen-bond acceptors (Lipinski definition) is 3. The normalized spacial score (nSPS) is 15.7. The predicted molar refractivity (Wildman–Crippen MR) is 49.2 cm³/mol. The van der Waals surface area contributed by atoms with Gasteiger partial charge in [-0.1, -0.05) is 6.92 Å². The highest BCUT2D eigenvalue weighted by molar-refractivity contribution is 5.66. The van der Waals surface area contributed by atoms with Crippen LogP contribution in [0.3, 0.4) is 0 Å². The topological polar surface area (TPSA) is 64.3 Å². The Morgan fingerprint density at radius 2 is 2.00 bits per heavy atom. The molecule has 1 saturated heterocycles. The zero-order valence-corrected chi connectivity index (χ0v) is 7.99. The molecular weight excluding hydrogens is 168 g/mol. The second-order valence-electron chi connectivity index (χ2n) is 2.89. The van der Waals surface area contributed by atoms with E-state index < -0.39 is 5.97 Å². The Bertz CT molecular complexity index is 181. The number of rotatable bonds is 2. The van der Waals surface area contributed by atoms with Gasteiger partial charge in [0.15, 0.2) is 0 Å². The smallest absolute Gasteiger partial charge is 0.303 e. The van der Waals surface area contributed by atoms with Crippen molar-refractivity contribution in [2.24, 2.45) is 0 Å². The highest BCUT2D eigenvalue weighted by Gasteiger charge is 2.08. The molecule has 0 unspecified atom stereocenters. The standard InChI is InChI=1S/C6H10N2.C3H6O2/c7-3-6-8-4-1-2-5-8;1-2-3(4)5/h1-2,4-6H2;2H2,1H3,(H,4,5). The molecular formula is C9H16N2O2. The van der Waals surface area contributed by atoms with Crippen LogP contribution in [0.5, 0.6) is 0 Å². The number of carbonyl (C=O) groups is 1. The van der Waals surface area contributed by atoms with Crippen LogP contribution in [-0.2, 0) is 4.79 Å². The van der Waals surface area contributed by atoms with E-state index in [0.717, 1.165) is 13.1 Å². The van der Waals surface area contributed by atoms with E-state index in [4.69, 9.17) is 10.4 Å². The first-order valence-electron chi connectivity index (χ1n) is 4.51. The summed E-state index contributed by atoms with van der Waals surface area (Å²) in [6, 6.07) is 2.14. The minimum absolute atomic E-state index is 0.222. The Hall–Kier alpha value is -1.08. The Kier molecular flexibility index (Phi) is 6.93. The largest absolute Gasteiger partial charge is 0.481 e. The third-order valence-corrected chi connectivity index (χ3v) is 1.80. The maximum Gasteiger partial charge on any atom is 0.303 e. The summed E-state index contributed by atoms with van der Waals surface area (Å²) in [7, 11) is 0. The molecule has 4 nitrogen and oxygen atoms in total. The Labute approximate surface area is 78.8 Å². The lowest BCUT2D eigenvalue weighted by atomic mass is 10.4. The average Bonchev–Trinajstić information content (AvgIpc) is 2.59. The van der Waals surface area contributed by atoms with Gasteiger partial charge in [-0.25, -0.2) is 0 Å². The lowest BCUT2D eigenvalue weighted by Gasteiger charge is -2.06. The summed E-state index contributed by atoms with van der Waals surface area (Å²) in [5.41, 5.74) is 0. The molecule has 0 amide bonds. The van der Waals surface area contributed by atoms with Gasteiger partial charge in [0.25, 0.3) is 0 Å². The van der Waals surface area contributed by atoms with Gasteiger partial charge in [-0.3, -0.25) is 9.69 Å². The first kappa shape index (κ1) is 11.9. The maximum atomic E-state index is 9.37. The molecule has 0 radical (unpaired) electrons. The van der Waals surface area contributed by atoms with E-state index >= 15 is 0 Å². The third kappa shape index (κ3) is 7.29. The Morgan fingerprint density at radius 3 is 2.31 bits per heavy atom. The molecule has 0 atom stereocenters. The number of hydrogen-bond donors (Lipinski definition) is 1. The number of likely N-dealkylation sites (tertiary alicyclic amines) is 1. The molecule has 4 heteroatoms. The minimum Gasteiger partial charge on any atom is -0.481 e. The second kappa shape index (κ2) is 7.56. The van der Waals surface area contributed by atoms with Crippen LogP contribution in [0.2, 0.25) is 0 Å². The van der Waals surface area contributed by atoms with E-state index in [2.05, 4.69) is 11.0 Å². The van der Waals surface area contributed by atoms with Gasteiger partial charge >= 0.3 is 5.97 Å². The molecule has 74 valence electrons. The molecule has 1 fully saturated rings. The maximum absolute atomic E-state index is 9.37. The van der Waals surface area contributed by atoms with Crippen molar-refractivity contribution in [2.45, 2.75) is 26.2 Å². The van der Waals surface area contributed by atoms with Crippen LogP contribution in [0.25, 0.3) is 0 Å². The van der Waals surface area contributed by atoms with Crippen LogP contribution in [-0.4, -0.2) is 35.6 Å². The van der Waals surface area contributed by atoms with Gasteiger partial charge in [0.2, 0.25) is 0 Å². The van der Waals surface area contributed by atoms with Crippen molar-refractivity contribution in [3.05, 3.63) is 0 Å². The van der Waals surface area contributed by atoms with Crippen LogP contribution in [0.4, 0.5) is 0 Å². The summed E-state index contributed by atoms with van der Waals surface area (Å²) in [4.78, 5) is 11.5. The summed E-state index contributed by atoms with van der Waals surface area (Å²) in [6.07, 6.45) is 2.78. The molecule has 0 aromatic carbocycles. The fraction of sp³-hybridized carbons (Fsp3) is 0.778. The molecule has 0 aromatic rings. The van der Waals surface area contributed by atoms with Gasteiger partial charge in [-0.05, 0) is 25.9 Å². The van der Waals surface area contributed by atoms with Crippen LogP contribution in [0.1, 0.15) is 26.2 Å². The van der Waals surface area contributed by atoms with Gasteiger partial charge in [0, 0.05) is 6.42 Å². The number of aliphatic carboxylic acids is 1. The van der Waals surface area contributed by atoms with Crippen LogP contribution in [0, 0.1) is 11.3 Å². The van der Waals surface area contributed by atoms with Crippen LogP contribution < -0.4 is 0 Å². The third-order valence-electron chi connectivity index (χ3n) is 1.80. The fourth-order valence-corrected chi connectivity index (χ4v) is 1.04. The Morgan fingerprint density at radius 1 is 1.54 bits per heavy atom. The van der Waals surface area contributed by atoms with E-state index in [-0.39, 0.29) is 6.42 Å². The molecule has 1 N–H and O–H groups in total. The van der Waals surface area contributed by atoms with E-state index in [1.54, 1.807) is 6.92 Å². The summed E-state index contributed by atoms with van der Waals surface area (Å²) in [5, 5.41) is 16.0.